The van der Waals surface area contributed by atoms with Crippen LogP contribution >= 0.6 is 0 Å². The first-order valence-electron chi connectivity index (χ1n) is 8.61. The summed E-state index contributed by atoms with van der Waals surface area (Å²) in [5.74, 6) is 0. The molecule has 0 heterocycles. The SMILES string of the molecule is N#Cc1ccccc1-c1ccc(-c2ccccc2)cc1-c1ccccc1. The van der Waals surface area contributed by atoms with E-state index in [4.69, 9.17) is 0 Å². The van der Waals surface area contributed by atoms with Gasteiger partial charge in [-0.15, -0.1) is 0 Å². The lowest BCUT2D eigenvalue weighted by Crippen LogP contribution is -1.90. The fraction of sp³-hybridized carbons (Fsp3) is 0. The molecule has 0 radical (unpaired) electrons. The van der Waals surface area contributed by atoms with Crippen LogP contribution in [0.1, 0.15) is 5.56 Å². The Hall–Kier alpha value is -3.63. The second-order valence-corrected chi connectivity index (χ2v) is 6.15. The van der Waals surface area contributed by atoms with Gasteiger partial charge in [-0.1, -0.05) is 91.0 Å². The van der Waals surface area contributed by atoms with Crippen LogP contribution < -0.4 is 0 Å². The van der Waals surface area contributed by atoms with E-state index in [0.717, 1.165) is 22.3 Å². The zero-order valence-corrected chi connectivity index (χ0v) is 14.3. The predicted molar refractivity (Wildman–Crippen MR) is 107 cm³/mol. The molecule has 26 heavy (non-hydrogen) atoms. The summed E-state index contributed by atoms with van der Waals surface area (Å²) in [7, 11) is 0. The van der Waals surface area contributed by atoms with E-state index in [-0.39, 0.29) is 0 Å². The summed E-state index contributed by atoms with van der Waals surface area (Å²) >= 11 is 0. The van der Waals surface area contributed by atoms with Gasteiger partial charge >= 0.3 is 0 Å². The Balaban J connectivity index is 1.96. The molecule has 0 spiro atoms. The van der Waals surface area contributed by atoms with E-state index in [9.17, 15) is 5.26 Å². The minimum absolute atomic E-state index is 0.692. The number of nitrogens with zero attached hydrogens (tertiary/aromatic N) is 1. The van der Waals surface area contributed by atoms with Crippen molar-refractivity contribution in [2.45, 2.75) is 0 Å². The molecular formula is C25H17N. The molecule has 0 atom stereocenters. The van der Waals surface area contributed by atoms with Gasteiger partial charge in [0, 0.05) is 5.56 Å². The molecule has 122 valence electrons. The Kier molecular flexibility index (Phi) is 4.33. The Morgan fingerprint density at radius 3 is 1.77 bits per heavy atom. The van der Waals surface area contributed by atoms with E-state index in [1.54, 1.807) is 0 Å². The molecular weight excluding hydrogens is 314 g/mol. The maximum Gasteiger partial charge on any atom is 0.0998 e. The van der Waals surface area contributed by atoms with Crippen molar-refractivity contribution in [1.29, 1.82) is 5.26 Å². The molecule has 0 bridgehead atoms. The van der Waals surface area contributed by atoms with Crippen LogP contribution in [0.5, 0.6) is 0 Å². The third-order valence-electron chi connectivity index (χ3n) is 4.55. The third-order valence-corrected chi connectivity index (χ3v) is 4.55. The fourth-order valence-electron chi connectivity index (χ4n) is 3.26. The van der Waals surface area contributed by atoms with E-state index in [0.29, 0.717) is 5.56 Å². The van der Waals surface area contributed by atoms with Crippen LogP contribution in [0, 0.1) is 11.3 Å². The van der Waals surface area contributed by atoms with Crippen LogP contribution in [0.15, 0.2) is 103 Å². The first-order valence-corrected chi connectivity index (χ1v) is 8.61. The minimum Gasteiger partial charge on any atom is -0.192 e. The lowest BCUT2D eigenvalue weighted by molar-refractivity contribution is 1.47. The molecule has 0 aromatic heterocycles. The molecule has 4 rings (SSSR count). The topological polar surface area (TPSA) is 23.8 Å². The highest BCUT2D eigenvalue weighted by molar-refractivity contribution is 5.88. The van der Waals surface area contributed by atoms with Crippen molar-refractivity contribution in [3.8, 4) is 39.4 Å². The number of hydrogen-bond donors (Lipinski definition) is 0. The summed E-state index contributed by atoms with van der Waals surface area (Å²) < 4.78 is 0. The standard InChI is InChI=1S/C25H17N/c26-18-22-13-7-8-14-23(22)24-16-15-21(19-9-3-1-4-10-19)17-25(24)20-11-5-2-6-12-20/h1-17H. The first kappa shape index (κ1) is 15.9. The number of benzene rings is 4. The summed E-state index contributed by atoms with van der Waals surface area (Å²) in [6.07, 6.45) is 0. The van der Waals surface area contributed by atoms with Crippen molar-refractivity contribution >= 4 is 0 Å². The molecule has 0 aliphatic carbocycles. The average molecular weight is 331 g/mol. The molecule has 0 saturated carbocycles. The summed E-state index contributed by atoms with van der Waals surface area (Å²) in [4.78, 5) is 0. The molecule has 0 fully saturated rings. The van der Waals surface area contributed by atoms with E-state index in [1.165, 1.54) is 11.1 Å². The van der Waals surface area contributed by atoms with Gasteiger partial charge in [-0.3, -0.25) is 0 Å². The molecule has 0 amide bonds. The molecule has 1 nitrogen and oxygen atoms in total. The molecule has 0 N–H and O–H groups in total. The highest BCUT2D eigenvalue weighted by Gasteiger charge is 2.12. The van der Waals surface area contributed by atoms with Crippen LogP contribution in [0.2, 0.25) is 0 Å². The maximum absolute atomic E-state index is 9.52. The highest BCUT2D eigenvalue weighted by Crippen LogP contribution is 2.36. The van der Waals surface area contributed by atoms with E-state index >= 15 is 0 Å². The Morgan fingerprint density at radius 1 is 0.462 bits per heavy atom. The van der Waals surface area contributed by atoms with Crippen LogP contribution in [0.3, 0.4) is 0 Å². The quantitative estimate of drug-likeness (QED) is 0.417. The van der Waals surface area contributed by atoms with Crippen molar-refractivity contribution in [2.75, 3.05) is 0 Å². The minimum atomic E-state index is 0.692. The summed E-state index contributed by atoms with van der Waals surface area (Å²) in [6, 6.07) is 37.3. The molecule has 4 aromatic rings. The van der Waals surface area contributed by atoms with Crippen LogP contribution in [-0.2, 0) is 0 Å². The van der Waals surface area contributed by atoms with Gasteiger partial charge in [-0.2, -0.15) is 5.26 Å². The third kappa shape index (κ3) is 3.01. The van der Waals surface area contributed by atoms with Gasteiger partial charge in [-0.25, -0.2) is 0 Å². The van der Waals surface area contributed by atoms with Gasteiger partial charge in [-0.05, 0) is 39.9 Å². The molecule has 0 aliphatic rings. The first-order chi connectivity index (χ1) is 12.9. The second-order valence-electron chi connectivity index (χ2n) is 6.15. The van der Waals surface area contributed by atoms with Crippen molar-refractivity contribution in [3.05, 3.63) is 109 Å². The van der Waals surface area contributed by atoms with E-state index in [2.05, 4.69) is 60.7 Å². The normalized spacial score (nSPS) is 10.3. The summed E-state index contributed by atoms with van der Waals surface area (Å²) in [5.41, 5.74) is 7.37. The average Bonchev–Trinajstić information content (AvgIpc) is 2.74. The van der Waals surface area contributed by atoms with Crippen LogP contribution in [0.4, 0.5) is 0 Å². The van der Waals surface area contributed by atoms with Gasteiger partial charge in [0.25, 0.3) is 0 Å². The Labute approximate surface area is 153 Å². The number of nitriles is 1. The lowest BCUT2D eigenvalue weighted by atomic mass is 9.89. The number of rotatable bonds is 3. The summed E-state index contributed by atoms with van der Waals surface area (Å²) in [6.45, 7) is 0. The maximum atomic E-state index is 9.52. The van der Waals surface area contributed by atoms with Gasteiger partial charge in [0.1, 0.15) is 0 Å². The lowest BCUT2D eigenvalue weighted by Gasteiger charge is -2.14. The summed E-state index contributed by atoms with van der Waals surface area (Å²) in [5, 5.41) is 9.52. The van der Waals surface area contributed by atoms with Crippen LogP contribution in [-0.4, -0.2) is 0 Å². The molecule has 0 saturated heterocycles. The Morgan fingerprint density at radius 2 is 1.08 bits per heavy atom. The largest absolute Gasteiger partial charge is 0.192 e. The number of hydrogen-bond acceptors (Lipinski definition) is 1. The predicted octanol–water partition coefficient (Wildman–Crippen LogP) is 6.56. The second kappa shape index (κ2) is 7.09. The zero-order chi connectivity index (χ0) is 17.8. The van der Waals surface area contributed by atoms with Crippen molar-refractivity contribution < 1.29 is 0 Å². The van der Waals surface area contributed by atoms with Crippen LogP contribution in [0.25, 0.3) is 33.4 Å². The Bertz CT molecular complexity index is 1070. The van der Waals surface area contributed by atoms with Gasteiger partial charge in [0.2, 0.25) is 0 Å². The fourth-order valence-corrected chi connectivity index (χ4v) is 3.26. The highest BCUT2D eigenvalue weighted by atomic mass is 14.2. The van der Waals surface area contributed by atoms with Gasteiger partial charge in [0.05, 0.1) is 11.6 Å². The molecule has 0 aliphatic heterocycles. The molecule has 0 unspecified atom stereocenters. The smallest absolute Gasteiger partial charge is 0.0998 e. The van der Waals surface area contributed by atoms with E-state index < -0.39 is 0 Å². The van der Waals surface area contributed by atoms with Crippen molar-refractivity contribution in [2.24, 2.45) is 0 Å². The zero-order valence-electron chi connectivity index (χ0n) is 14.3. The van der Waals surface area contributed by atoms with Crippen molar-refractivity contribution in [3.63, 3.8) is 0 Å². The van der Waals surface area contributed by atoms with Gasteiger partial charge in [0.15, 0.2) is 0 Å². The van der Waals surface area contributed by atoms with E-state index in [1.807, 2.05) is 48.5 Å². The molecule has 4 aromatic carbocycles. The van der Waals surface area contributed by atoms with Crippen molar-refractivity contribution in [1.82, 2.24) is 0 Å². The monoisotopic (exact) mass is 331 g/mol. The van der Waals surface area contributed by atoms with Gasteiger partial charge < -0.3 is 0 Å². The molecule has 1 heteroatoms.